The molecule has 1 atom stereocenters. The van der Waals surface area contributed by atoms with E-state index in [9.17, 15) is 5.11 Å². The van der Waals surface area contributed by atoms with Crippen LogP contribution in [0.25, 0.3) is 0 Å². The summed E-state index contributed by atoms with van der Waals surface area (Å²) >= 11 is 1.42. The first-order valence-corrected chi connectivity index (χ1v) is 5.14. The first-order chi connectivity index (χ1) is 6.70. The van der Waals surface area contributed by atoms with Crippen molar-refractivity contribution >= 4 is 17.2 Å². The molecule has 0 saturated carbocycles. The zero-order chi connectivity index (χ0) is 10.6. The normalized spacial score (nSPS) is 12.2. The standard InChI is InChI=1S/C9H13NO3S/c1-3-13-9(10)8(11)6-4-14-5-7(6)12-2/h4-5,8,10-11H,3H2,1-2H3. The van der Waals surface area contributed by atoms with E-state index in [4.69, 9.17) is 14.9 Å². The highest BCUT2D eigenvalue weighted by Crippen LogP contribution is 2.29. The van der Waals surface area contributed by atoms with E-state index in [1.54, 1.807) is 17.7 Å². The van der Waals surface area contributed by atoms with E-state index in [0.717, 1.165) is 0 Å². The van der Waals surface area contributed by atoms with Gasteiger partial charge in [0.15, 0.2) is 6.10 Å². The predicted molar refractivity (Wildman–Crippen MR) is 55.2 cm³/mol. The van der Waals surface area contributed by atoms with Gasteiger partial charge in [0.05, 0.1) is 13.7 Å². The topological polar surface area (TPSA) is 62.5 Å². The van der Waals surface area contributed by atoms with E-state index in [1.165, 1.54) is 18.4 Å². The summed E-state index contributed by atoms with van der Waals surface area (Å²) in [4.78, 5) is 0. The van der Waals surface area contributed by atoms with Crippen LogP contribution in [0.4, 0.5) is 0 Å². The average Bonchev–Trinajstić information content (AvgIpc) is 2.64. The maximum atomic E-state index is 9.70. The Bertz CT molecular complexity index is 311. The molecule has 1 heterocycles. The van der Waals surface area contributed by atoms with Gasteiger partial charge in [-0.05, 0) is 6.92 Å². The quantitative estimate of drug-likeness (QED) is 0.594. The smallest absolute Gasteiger partial charge is 0.215 e. The zero-order valence-corrected chi connectivity index (χ0v) is 8.93. The van der Waals surface area contributed by atoms with Crippen LogP contribution in [0.1, 0.15) is 18.6 Å². The molecule has 0 aromatic carbocycles. The maximum Gasteiger partial charge on any atom is 0.215 e. The molecule has 0 aliphatic rings. The summed E-state index contributed by atoms with van der Waals surface area (Å²) in [5, 5.41) is 20.6. The minimum Gasteiger partial charge on any atom is -0.495 e. The van der Waals surface area contributed by atoms with Crippen LogP contribution in [0.5, 0.6) is 5.75 Å². The van der Waals surface area contributed by atoms with Gasteiger partial charge in [0, 0.05) is 16.3 Å². The minimum atomic E-state index is -1.03. The van der Waals surface area contributed by atoms with Gasteiger partial charge in [-0.15, -0.1) is 11.3 Å². The summed E-state index contributed by atoms with van der Waals surface area (Å²) in [6.07, 6.45) is -1.03. The molecule has 1 aromatic heterocycles. The Labute approximate surface area is 86.6 Å². The van der Waals surface area contributed by atoms with Crippen LogP contribution in [0.2, 0.25) is 0 Å². The lowest BCUT2D eigenvalue weighted by atomic mass is 10.2. The molecule has 5 heteroatoms. The largest absolute Gasteiger partial charge is 0.495 e. The van der Waals surface area contributed by atoms with Gasteiger partial charge in [-0.25, -0.2) is 0 Å². The van der Waals surface area contributed by atoms with Crippen LogP contribution in [0.3, 0.4) is 0 Å². The van der Waals surface area contributed by atoms with Crippen molar-refractivity contribution < 1.29 is 14.6 Å². The number of nitrogens with one attached hydrogen (secondary N) is 1. The molecule has 1 rings (SSSR count). The van der Waals surface area contributed by atoms with Crippen LogP contribution in [-0.2, 0) is 4.74 Å². The average molecular weight is 215 g/mol. The summed E-state index contributed by atoms with van der Waals surface area (Å²) in [6.45, 7) is 2.15. The van der Waals surface area contributed by atoms with Gasteiger partial charge in [-0.2, -0.15) is 0 Å². The number of methoxy groups -OCH3 is 1. The van der Waals surface area contributed by atoms with Crippen molar-refractivity contribution in [3.05, 3.63) is 16.3 Å². The van der Waals surface area contributed by atoms with E-state index in [0.29, 0.717) is 17.9 Å². The summed E-state index contributed by atoms with van der Waals surface area (Å²) in [5.41, 5.74) is 0.580. The highest BCUT2D eigenvalue weighted by Gasteiger charge is 2.19. The molecule has 14 heavy (non-hydrogen) atoms. The molecule has 1 unspecified atom stereocenters. The SMILES string of the molecule is CCOC(=N)C(O)c1cscc1OC. The van der Waals surface area contributed by atoms with Crippen molar-refractivity contribution in [3.63, 3.8) is 0 Å². The van der Waals surface area contributed by atoms with Gasteiger partial charge in [-0.3, -0.25) is 5.41 Å². The highest BCUT2D eigenvalue weighted by atomic mass is 32.1. The molecular weight excluding hydrogens is 202 g/mol. The number of aliphatic hydroxyl groups excluding tert-OH is 1. The molecule has 0 aliphatic carbocycles. The maximum absolute atomic E-state index is 9.70. The van der Waals surface area contributed by atoms with Gasteiger partial charge in [-0.1, -0.05) is 0 Å². The number of thiophene rings is 1. The van der Waals surface area contributed by atoms with Gasteiger partial charge >= 0.3 is 0 Å². The molecule has 1 aromatic rings. The Morgan fingerprint density at radius 1 is 1.64 bits per heavy atom. The summed E-state index contributed by atoms with van der Waals surface area (Å²) in [7, 11) is 1.53. The molecule has 2 N–H and O–H groups in total. The van der Waals surface area contributed by atoms with Crippen LogP contribution < -0.4 is 4.74 Å². The van der Waals surface area contributed by atoms with Crippen molar-refractivity contribution in [2.75, 3.05) is 13.7 Å². The molecular formula is C9H13NO3S. The minimum absolute atomic E-state index is 0.149. The number of hydrogen-bond donors (Lipinski definition) is 2. The van der Waals surface area contributed by atoms with Gasteiger partial charge < -0.3 is 14.6 Å². The van der Waals surface area contributed by atoms with Crippen LogP contribution in [0, 0.1) is 5.41 Å². The van der Waals surface area contributed by atoms with E-state index >= 15 is 0 Å². The Morgan fingerprint density at radius 2 is 2.36 bits per heavy atom. The van der Waals surface area contributed by atoms with Gasteiger partial charge in [0.2, 0.25) is 5.90 Å². The fraction of sp³-hybridized carbons (Fsp3) is 0.444. The van der Waals surface area contributed by atoms with Crippen LogP contribution in [0.15, 0.2) is 10.8 Å². The number of rotatable bonds is 4. The Morgan fingerprint density at radius 3 is 2.93 bits per heavy atom. The van der Waals surface area contributed by atoms with Crippen LogP contribution >= 0.6 is 11.3 Å². The number of aliphatic hydroxyl groups is 1. The third-order valence-electron chi connectivity index (χ3n) is 1.72. The molecule has 0 aliphatic heterocycles. The van der Waals surface area contributed by atoms with E-state index in [1.807, 2.05) is 0 Å². The summed E-state index contributed by atoms with van der Waals surface area (Å²) in [6, 6.07) is 0. The monoisotopic (exact) mass is 215 g/mol. The van der Waals surface area contributed by atoms with Crippen molar-refractivity contribution in [3.8, 4) is 5.75 Å². The first kappa shape index (κ1) is 11.0. The highest BCUT2D eigenvalue weighted by molar-refractivity contribution is 7.08. The molecule has 0 bridgehead atoms. The summed E-state index contributed by atoms with van der Waals surface area (Å²) in [5.74, 6) is 0.441. The molecule has 4 nitrogen and oxygen atoms in total. The second-order valence-electron chi connectivity index (χ2n) is 2.60. The lowest BCUT2D eigenvalue weighted by Gasteiger charge is -2.12. The second-order valence-corrected chi connectivity index (χ2v) is 3.34. The van der Waals surface area contributed by atoms with Crippen molar-refractivity contribution in [2.24, 2.45) is 0 Å². The molecule has 0 amide bonds. The zero-order valence-electron chi connectivity index (χ0n) is 8.11. The van der Waals surface area contributed by atoms with E-state index < -0.39 is 6.10 Å². The lowest BCUT2D eigenvalue weighted by molar-refractivity contribution is 0.187. The first-order valence-electron chi connectivity index (χ1n) is 4.20. The predicted octanol–water partition coefficient (Wildman–Crippen LogP) is 1.80. The van der Waals surface area contributed by atoms with Gasteiger partial charge in [0.25, 0.3) is 0 Å². The van der Waals surface area contributed by atoms with Crippen molar-refractivity contribution in [1.82, 2.24) is 0 Å². The number of hydrogen-bond acceptors (Lipinski definition) is 5. The molecule has 0 saturated heterocycles. The third-order valence-corrected chi connectivity index (χ3v) is 2.46. The van der Waals surface area contributed by atoms with E-state index in [-0.39, 0.29) is 5.90 Å². The van der Waals surface area contributed by atoms with Crippen molar-refractivity contribution in [2.45, 2.75) is 13.0 Å². The Hall–Kier alpha value is -1.07. The number of ether oxygens (including phenoxy) is 2. The lowest BCUT2D eigenvalue weighted by Crippen LogP contribution is -2.14. The summed E-state index contributed by atoms with van der Waals surface area (Å²) < 4.78 is 9.94. The Kier molecular flexibility index (Phi) is 3.91. The van der Waals surface area contributed by atoms with Crippen LogP contribution in [-0.4, -0.2) is 24.7 Å². The Balaban J connectivity index is 2.77. The van der Waals surface area contributed by atoms with Gasteiger partial charge in [0.1, 0.15) is 5.75 Å². The third kappa shape index (κ3) is 2.24. The van der Waals surface area contributed by atoms with Crippen molar-refractivity contribution in [1.29, 1.82) is 5.41 Å². The fourth-order valence-electron chi connectivity index (χ4n) is 1.04. The molecule has 0 fully saturated rings. The molecule has 0 radical (unpaired) electrons. The molecule has 0 spiro atoms. The van der Waals surface area contributed by atoms with E-state index in [2.05, 4.69) is 0 Å². The fourth-order valence-corrected chi connectivity index (χ4v) is 1.85. The molecule has 78 valence electrons. The second kappa shape index (κ2) is 4.97.